The third-order valence-electron chi connectivity index (χ3n) is 4.25. The molecule has 2 aromatic carbocycles. The van der Waals surface area contributed by atoms with Gasteiger partial charge in [-0.3, -0.25) is 9.59 Å². The SMILES string of the molecule is Cc1ccccc1NC1=C(Cl)C(=O)N(c2cccc(C)c2C)C1=O. The summed E-state index contributed by atoms with van der Waals surface area (Å²) in [4.78, 5) is 26.5. The average molecular weight is 341 g/mol. The zero-order valence-corrected chi connectivity index (χ0v) is 14.4. The lowest BCUT2D eigenvalue weighted by molar-refractivity contribution is -0.120. The Morgan fingerprint density at radius 2 is 1.54 bits per heavy atom. The maximum absolute atomic E-state index is 12.8. The number of nitrogens with zero attached hydrogens (tertiary/aromatic N) is 1. The summed E-state index contributed by atoms with van der Waals surface area (Å²) in [6, 6.07) is 13.0. The molecule has 1 N–H and O–H groups in total. The molecule has 0 unspecified atom stereocenters. The largest absolute Gasteiger partial charge is 0.349 e. The van der Waals surface area contributed by atoms with Crippen molar-refractivity contribution in [2.45, 2.75) is 20.8 Å². The van der Waals surface area contributed by atoms with Gasteiger partial charge in [-0.25, -0.2) is 4.90 Å². The summed E-state index contributed by atoms with van der Waals surface area (Å²) in [6.07, 6.45) is 0. The van der Waals surface area contributed by atoms with E-state index in [1.165, 1.54) is 0 Å². The van der Waals surface area contributed by atoms with Gasteiger partial charge in [-0.15, -0.1) is 0 Å². The number of imide groups is 1. The summed E-state index contributed by atoms with van der Waals surface area (Å²) >= 11 is 6.17. The molecule has 0 bridgehead atoms. The number of hydrogen-bond donors (Lipinski definition) is 1. The van der Waals surface area contributed by atoms with Gasteiger partial charge in [-0.2, -0.15) is 0 Å². The zero-order valence-electron chi connectivity index (χ0n) is 13.7. The molecule has 1 aliphatic heterocycles. The van der Waals surface area contributed by atoms with E-state index in [-0.39, 0.29) is 10.7 Å². The number of aryl methyl sites for hydroxylation is 2. The van der Waals surface area contributed by atoms with E-state index in [1.54, 1.807) is 6.07 Å². The molecule has 2 amide bonds. The lowest BCUT2D eigenvalue weighted by Gasteiger charge is -2.18. The highest BCUT2D eigenvalue weighted by atomic mass is 35.5. The van der Waals surface area contributed by atoms with Crippen LogP contribution in [0.5, 0.6) is 0 Å². The van der Waals surface area contributed by atoms with Gasteiger partial charge >= 0.3 is 0 Å². The molecular formula is C19H17ClN2O2. The molecule has 0 aliphatic carbocycles. The maximum Gasteiger partial charge on any atom is 0.283 e. The van der Waals surface area contributed by atoms with E-state index in [2.05, 4.69) is 5.32 Å². The van der Waals surface area contributed by atoms with Crippen LogP contribution < -0.4 is 10.2 Å². The van der Waals surface area contributed by atoms with Crippen LogP contribution in [-0.4, -0.2) is 11.8 Å². The Balaban J connectivity index is 1.99. The fraction of sp³-hybridized carbons (Fsp3) is 0.158. The number of carbonyl (C=O) groups is 2. The van der Waals surface area contributed by atoms with Gasteiger partial charge in [-0.05, 0) is 49.6 Å². The molecule has 1 aliphatic rings. The number of para-hydroxylation sites is 1. The van der Waals surface area contributed by atoms with Crippen molar-refractivity contribution in [2.24, 2.45) is 0 Å². The Hall–Kier alpha value is -2.59. The van der Waals surface area contributed by atoms with E-state index in [0.29, 0.717) is 5.69 Å². The molecule has 1 heterocycles. The number of hydrogen-bond acceptors (Lipinski definition) is 3. The summed E-state index contributed by atoms with van der Waals surface area (Å²) < 4.78 is 0. The number of rotatable bonds is 3. The summed E-state index contributed by atoms with van der Waals surface area (Å²) in [5.41, 5.74) is 4.25. The van der Waals surface area contributed by atoms with Crippen molar-refractivity contribution in [3.8, 4) is 0 Å². The third-order valence-corrected chi connectivity index (χ3v) is 4.60. The lowest BCUT2D eigenvalue weighted by Crippen LogP contribution is -2.33. The molecule has 0 radical (unpaired) electrons. The van der Waals surface area contributed by atoms with E-state index < -0.39 is 11.8 Å². The van der Waals surface area contributed by atoms with Crippen molar-refractivity contribution in [2.75, 3.05) is 10.2 Å². The Morgan fingerprint density at radius 3 is 2.25 bits per heavy atom. The zero-order chi connectivity index (χ0) is 17.4. The number of halogens is 1. The van der Waals surface area contributed by atoms with Crippen molar-refractivity contribution >= 4 is 34.8 Å². The normalized spacial score (nSPS) is 14.6. The fourth-order valence-corrected chi connectivity index (χ4v) is 2.87. The van der Waals surface area contributed by atoms with E-state index in [0.717, 1.165) is 27.3 Å². The summed E-state index contributed by atoms with van der Waals surface area (Å²) in [7, 11) is 0. The van der Waals surface area contributed by atoms with Crippen LogP contribution in [0.3, 0.4) is 0 Å². The molecule has 122 valence electrons. The Labute approximate surface area is 145 Å². The monoisotopic (exact) mass is 340 g/mol. The number of anilines is 2. The highest BCUT2D eigenvalue weighted by Gasteiger charge is 2.39. The van der Waals surface area contributed by atoms with Gasteiger partial charge < -0.3 is 5.32 Å². The van der Waals surface area contributed by atoms with Crippen LogP contribution in [0.25, 0.3) is 0 Å². The van der Waals surface area contributed by atoms with Crippen LogP contribution in [0, 0.1) is 20.8 Å². The van der Waals surface area contributed by atoms with Gasteiger partial charge in [0.15, 0.2) is 0 Å². The van der Waals surface area contributed by atoms with Crippen molar-refractivity contribution in [1.82, 2.24) is 0 Å². The van der Waals surface area contributed by atoms with Gasteiger partial charge in [0.2, 0.25) is 0 Å². The van der Waals surface area contributed by atoms with Gasteiger partial charge in [-0.1, -0.05) is 41.9 Å². The molecule has 5 heteroatoms. The molecule has 4 nitrogen and oxygen atoms in total. The second-order valence-corrected chi connectivity index (χ2v) is 6.17. The molecule has 2 aromatic rings. The average Bonchev–Trinajstić information content (AvgIpc) is 2.76. The predicted octanol–water partition coefficient (Wildman–Crippen LogP) is 4.05. The van der Waals surface area contributed by atoms with Gasteiger partial charge in [0, 0.05) is 5.69 Å². The van der Waals surface area contributed by atoms with Crippen LogP contribution >= 0.6 is 11.6 Å². The second-order valence-electron chi connectivity index (χ2n) is 5.79. The molecular weight excluding hydrogens is 324 g/mol. The second kappa shape index (κ2) is 6.13. The quantitative estimate of drug-likeness (QED) is 0.858. The fourth-order valence-electron chi connectivity index (χ4n) is 2.66. The third kappa shape index (κ3) is 2.59. The van der Waals surface area contributed by atoms with Crippen LogP contribution in [0.15, 0.2) is 53.2 Å². The van der Waals surface area contributed by atoms with Gasteiger partial charge in [0.1, 0.15) is 10.7 Å². The van der Waals surface area contributed by atoms with Crippen LogP contribution in [-0.2, 0) is 9.59 Å². The summed E-state index contributed by atoms with van der Waals surface area (Å²) in [5.74, 6) is -0.951. The van der Waals surface area contributed by atoms with Crippen molar-refractivity contribution in [3.05, 3.63) is 69.9 Å². The number of benzene rings is 2. The van der Waals surface area contributed by atoms with E-state index in [9.17, 15) is 9.59 Å². The summed E-state index contributed by atoms with van der Waals surface area (Å²) in [6.45, 7) is 5.73. The molecule has 0 saturated carbocycles. The molecule has 0 atom stereocenters. The molecule has 3 rings (SSSR count). The minimum absolute atomic E-state index is 0.0934. The van der Waals surface area contributed by atoms with Gasteiger partial charge in [0.05, 0.1) is 5.69 Å². The molecule has 0 aromatic heterocycles. The summed E-state index contributed by atoms with van der Waals surface area (Å²) in [5, 5.41) is 2.92. The number of amides is 2. The maximum atomic E-state index is 12.8. The number of carbonyl (C=O) groups excluding carboxylic acids is 2. The minimum Gasteiger partial charge on any atom is -0.349 e. The van der Waals surface area contributed by atoms with E-state index in [4.69, 9.17) is 11.6 Å². The van der Waals surface area contributed by atoms with Crippen molar-refractivity contribution < 1.29 is 9.59 Å². The molecule has 24 heavy (non-hydrogen) atoms. The predicted molar refractivity (Wildman–Crippen MR) is 96.1 cm³/mol. The van der Waals surface area contributed by atoms with E-state index in [1.807, 2.05) is 57.2 Å². The van der Waals surface area contributed by atoms with Gasteiger partial charge in [0.25, 0.3) is 11.8 Å². The van der Waals surface area contributed by atoms with Crippen LogP contribution in [0.2, 0.25) is 0 Å². The van der Waals surface area contributed by atoms with E-state index >= 15 is 0 Å². The first-order valence-electron chi connectivity index (χ1n) is 7.59. The molecule has 0 spiro atoms. The standard InChI is InChI=1S/C19H17ClN2O2/c1-11-8-6-10-15(13(11)3)22-18(23)16(20)17(19(22)24)21-14-9-5-4-7-12(14)2/h4-10,21H,1-3H3. The minimum atomic E-state index is -0.508. The number of nitrogens with one attached hydrogen (secondary N) is 1. The Bertz CT molecular complexity index is 887. The first-order chi connectivity index (χ1) is 11.4. The Kier molecular flexibility index (Phi) is 4.16. The topological polar surface area (TPSA) is 49.4 Å². The van der Waals surface area contributed by atoms with Crippen LogP contribution in [0.1, 0.15) is 16.7 Å². The first kappa shape index (κ1) is 16.3. The van der Waals surface area contributed by atoms with Crippen LogP contribution in [0.4, 0.5) is 11.4 Å². The van der Waals surface area contributed by atoms with Crippen molar-refractivity contribution in [1.29, 1.82) is 0 Å². The highest BCUT2D eigenvalue weighted by Crippen LogP contribution is 2.33. The van der Waals surface area contributed by atoms with Crippen molar-refractivity contribution in [3.63, 3.8) is 0 Å². The first-order valence-corrected chi connectivity index (χ1v) is 7.97. The Morgan fingerprint density at radius 1 is 0.875 bits per heavy atom. The lowest BCUT2D eigenvalue weighted by atomic mass is 10.1. The molecule has 0 fully saturated rings. The smallest absolute Gasteiger partial charge is 0.283 e. The molecule has 0 saturated heterocycles. The highest BCUT2D eigenvalue weighted by molar-refractivity contribution is 6.53.